The molecule has 0 aliphatic rings. The van der Waals surface area contributed by atoms with Crippen LogP contribution in [0.15, 0.2) is 53.4 Å². The monoisotopic (exact) mass is 475 g/mol. The van der Waals surface area contributed by atoms with Gasteiger partial charge in [0.1, 0.15) is 11.9 Å². The SMILES string of the molecule is COc1ccc(S(=O)(=O)N(Cc2ccccc2)[C@H](NC(=O)O)[C@@H](C)O)cc1CCCCC#N. The average Bonchev–Trinajstić information content (AvgIpc) is 2.79. The van der Waals surface area contributed by atoms with Gasteiger partial charge in [-0.05, 0) is 55.5 Å². The van der Waals surface area contributed by atoms with E-state index in [9.17, 15) is 23.4 Å². The van der Waals surface area contributed by atoms with Crippen LogP contribution in [0.4, 0.5) is 4.79 Å². The summed E-state index contributed by atoms with van der Waals surface area (Å²) in [5, 5.41) is 30.3. The number of carboxylic acid groups (broad SMARTS) is 1. The molecule has 0 heterocycles. The molecule has 0 unspecified atom stereocenters. The standard InChI is InChI=1S/C23H29N3O6S/c1-17(27)22(25-23(28)29)26(16-18-9-5-3-6-10-18)33(30,31)20-12-13-21(32-2)19(15-20)11-7-4-8-14-24/h3,5-6,9-10,12-13,15,17,22,25,27H,4,7-8,11,16H2,1-2H3,(H,28,29)/t17-,22+/m1/s1. The molecule has 33 heavy (non-hydrogen) atoms. The minimum Gasteiger partial charge on any atom is -0.496 e. The zero-order valence-corrected chi connectivity index (χ0v) is 19.5. The van der Waals surface area contributed by atoms with Crippen LogP contribution < -0.4 is 10.1 Å². The van der Waals surface area contributed by atoms with Crippen LogP contribution in [-0.2, 0) is 23.0 Å². The average molecular weight is 476 g/mol. The molecule has 2 aromatic carbocycles. The fourth-order valence-corrected chi connectivity index (χ4v) is 5.07. The molecule has 0 radical (unpaired) electrons. The van der Waals surface area contributed by atoms with E-state index in [2.05, 4.69) is 11.4 Å². The summed E-state index contributed by atoms with van der Waals surface area (Å²) in [6.45, 7) is 1.17. The number of carbonyl (C=O) groups is 1. The molecule has 0 aromatic heterocycles. The van der Waals surface area contributed by atoms with Gasteiger partial charge in [0.2, 0.25) is 10.0 Å². The van der Waals surface area contributed by atoms with Gasteiger partial charge in [0.25, 0.3) is 0 Å². The van der Waals surface area contributed by atoms with E-state index in [0.717, 1.165) is 4.31 Å². The Labute approximate surface area is 194 Å². The summed E-state index contributed by atoms with van der Waals surface area (Å²) in [6, 6.07) is 15.2. The largest absolute Gasteiger partial charge is 0.496 e. The van der Waals surface area contributed by atoms with Gasteiger partial charge < -0.3 is 20.3 Å². The number of nitrogens with zero attached hydrogens (tertiary/aromatic N) is 2. The van der Waals surface area contributed by atoms with Crippen molar-refractivity contribution in [3.05, 3.63) is 59.7 Å². The zero-order chi connectivity index (χ0) is 24.4. The van der Waals surface area contributed by atoms with E-state index < -0.39 is 28.4 Å². The van der Waals surface area contributed by atoms with Gasteiger partial charge in [-0.3, -0.25) is 0 Å². The van der Waals surface area contributed by atoms with Crippen LogP contribution in [-0.4, -0.2) is 48.4 Å². The number of benzene rings is 2. The highest BCUT2D eigenvalue weighted by atomic mass is 32.2. The number of hydrogen-bond donors (Lipinski definition) is 3. The zero-order valence-electron chi connectivity index (χ0n) is 18.6. The van der Waals surface area contributed by atoms with Crippen LogP contribution in [0.3, 0.4) is 0 Å². The summed E-state index contributed by atoms with van der Waals surface area (Å²) >= 11 is 0. The Morgan fingerprint density at radius 2 is 1.91 bits per heavy atom. The molecule has 0 saturated carbocycles. The fraction of sp³-hybridized carbons (Fsp3) is 0.391. The van der Waals surface area contributed by atoms with Gasteiger partial charge in [-0.25, -0.2) is 13.2 Å². The number of nitriles is 1. The molecule has 2 aromatic rings. The van der Waals surface area contributed by atoms with Crippen molar-refractivity contribution in [1.29, 1.82) is 5.26 Å². The van der Waals surface area contributed by atoms with Crippen LogP contribution >= 0.6 is 0 Å². The van der Waals surface area contributed by atoms with Gasteiger partial charge in [-0.2, -0.15) is 9.57 Å². The first kappa shape index (κ1) is 26.1. The number of sulfonamides is 1. The first-order chi connectivity index (χ1) is 15.7. The van der Waals surface area contributed by atoms with E-state index >= 15 is 0 Å². The molecule has 0 bridgehead atoms. The van der Waals surface area contributed by atoms with E-state index in [1.807, 2.05) is 0 Å². The summed E-state index contributed by atoms with van der Waals surface area (Å²) in [6.07, 6.45) is -1.91. The Bertz CT molecular complexity index is 1070. The van der Waals surface area contributed by atoms with E-state index in [1.54, 1.807) is 36.4 Å². The Morgan fingerprint density at radius 3 is 2.48 bits per heavy atom. The Balaban J connectivity index is 2.50. The summed E-state index contributed by atoms with van der Waals surface area (Å²) < 4.78 is 33.7. The number of methoxy groups -OCH3 is 1. The molecule has 0 saturated heterocycles. The van der Waals surface area contributed by atoms with Gasteiger partial charge in [0, 0.05) is 13.0 Å². The van der Waals surface area contributed by atoms with Crippen LogP contribution in [0.25, 0.3) is 0 Å². The summed E-state index contributed by atoms with van der Waals surface area (Å²) in [5.74, 6) is 0.524. The molecule has 2 rings (SSSR count). The van der Waals surface area contributed by atoms with Gasteiger partial charge in [0.05, 0.1) is 24.2 Å². The van der Waals surface area contributed by atoms with Gasteiger partial charge in [0.15, 0.2) is 0 Å². The van der Waals surface area contributed by atoms with Crippen molar-refractivity contribution >= 4 is 16.1 Å². The minimum absolute atomic E-state index is 0.0487. The third-order valence-corrected chi connectivity index (χ3v) is 6.89. The van der Waals surface area contributed by atoms with E-state index in [4.69, 9.17) is 10.00 Å². The van der Waals surface area contributed by atoms with E-state index in [0.29, 0.717) is 42.6 Å². The predicted molar refractivity (Wildman–Crippen MR) is 122 cm³/mol. The van der Waals surface area contributed by atoms with Gasteiger partial charge in [-0.1, -0.05) is 30.3 Å². The molecule has 2 atom stereocenters. The van der Waals surface area contributed by atoms with E-state index in [-0.39, 0.29) is 11.4 Å². The lowest BCUT2D eigenvalue weighted by Crippen LogP contribution is -2.55. The maximum Gasteiger partial charge on any atom is 0.406 e. The molecule has 178 valence electrons. The first-order valence-electron chi connectivity index (χ1n) is 10.5. The molecule has 0 aliphatic heterocycles. The highest BCUT2D eigenvalue weighted by molar-refractivity contribution is 7.89. The highest BCUT2D eigenvalue weighted by Gasteiger charge is 2.36. The molecule has 3 N–H and O–H groups in total. The van der Waals surface area contributed by atoms with Crippen molar-refractivity contribution in [3.63, 3.8) is 0 Å². The second kappa shape index (κ2) is 12.2. The summed E-state index contributed by atoms with van der Waals surface area (Å²) in [5.41, 5.74) is 1.29. The fourth-order valence-electron chi connectivity index (χ4n) is 3.42. The van der Waals surface area contributed by atoms with Crippen molar-refractivity contribution in [1.82, 2.24) is 9.62 Å². The van der Waals surface area contributed by atoms with Crippen LogP contribution in [0.2, 0.25) is 0 Å². The quantitative estimate of drug-likeness (QED) is 0.316. The Morgan fingerprint density at radius 1 is 1.21 bits per heavy atom. The molecular formula is C23H29N3O6S. The molecule has 0 aliphatic carbocycles. The maximum atomic E-state index is 13.7. The van der Waals surface area contributed by atoms with Crippen LogP contribution in [0.1, 0.15) is 37.3 Å². The van der Waals surface area contributed by atoms with Crippen molar-refractivity contribution in [2.24, 2.45) is 0 Å². The van der Waals surface area contributed by atoms with E-state index in [1.165, 1.54) is 26.2 Å². The third kappa shape index (κ3) is 7.18. The Hall–Kier alpha value is -3.13. The minimum atomic E-state index is -4.23. The maximum absolute atomic E-state index is 13.7. The Kier molecular flexibility index (Phi) is 9.66. The second-order valence-corrected chi connectivity index (χ2v) is 9.40. The molecular weight excluding hydrogens is 446 g/mol. The number of ether oxygens (including phenoxy) is 1. The third-order valence-electron chi connectivity index (χ3n) is 5.06. The molecule has 0 fully saturated rings. The number of aliphatic hydroxyl groups is 1. The van der Waals surface area contributed by atoms with Crippen LogP contribution in [0.5, 0.6) is 5.75 Å². The van der Waals surface area contributed by atoms with Gasteiger partial charge >= 0.3 is 6.09 Å². The molecule has 10 heteroatoms. The second-order valence-electron chi connectivity index (χ2n) is 7.51. The number of nitrogens with one attached hydrogen (secondary N) is 1. The van der Waals surface area contributed by atoms with Crippen molar-refractivity contribution in [3.8, 4) is 11.8 Å². The molecule has 0 spiro atoms. The number of hydrogen-bond acceptors (Lipinski definition) is 6. The van der Waals surface area contributed by atoms with Gasteiger partial charge in [-0.15, -0.1) is 0 Å². The lowest BCUT2D eigenvalue weighted by Gasteiger charge is -2.32. The number of aryl methyl sites for hydroxylation is 1. The van der Waals surface area contributed by atoms with Crippen molar-refractivity contribution in [2.75, 3.05) is 7.11 Å². The first-order valence-corrected chi connectivity index (χ1v) is 11.9. The lowest BCUT2D eigenvalue weighted by atomic mass is 10.1. The number of aliphatic hydroxyl groups excluding tert-OH is 1. The summed E-state index contributed by atoms with van der Waals surface area (Å²) in [7, 11) is -2.74. The summed E-state index contributed by atoms with van der Waals surface area (Å²) in [4.78, 5) is 11.3. The number of unbranched alkanes of at least 4 members (excludes halogenated alkanes) is 2. The van der Waals surface area contributed by atoms with Crippen molar-refractivity contribution in [2.45, 2.75) is 56.3 Å². The number of amides is 1. The molecule has 9 nitrogen and oxygen atoms in total. The highest BCUT2D eigenvalue weighted by Crippen LogP contribution is 2.28. The number of rotatable bonds is 12. The molecule has 1 amide bonds. The van der Waals surface area contributed by atoms with Crippen LogP contribution in [0, 0.1) is 11.3 Å². The topological polar surface area (TPSA) is 140 Å². The van der Waals surface area contributed by atoms with Crippen molar-refractivity contribution < 1.29 is 28.2 Å². The normalized spacial score (nSPS) is 13.2. The smallest absolute Gasteiger partial charge is 0.406 e. The predicted octanol–water partition coefficient (Wildman–Crippen LogP) is 3.10. The lowest BCUT2D eigenvalue weighted by molar-refractivity contribution is 0.0785.